The van der Waals surface area contributed by atoms with E-state index in [4.69, 9.17) is 9.47 Å². The zero-order valence-electron chi connectivity index (χ0n) is 13.9. The van der Waals surface area contributed by atoms with Gasteiger partial charge in [0, 0.05) is 13.5 Å². The summed E-state index contributed by atoms with van der Waals surface area (Å²) in [6.07, 6.45) is 6.44. The van der Waals surface area contributed by atoms with Crippen molar-refractivity contribution < 1.29 is 14.3 Å². The average molecular weight is 320 g/mol. The summed E-state index contributed by atoms with van der Waals surface area (Å²) in [6, 6.07) is 14.7. The quantitative estimate of drug-likeness (QED) is 0.798. The smallest absolute Gasteiger partial charge is 0.316 e. The van der Waals surface area contributed by atoms with E-state index in [1.54, 1.807) is 7.11 Å². The van der Waals surface area contributed by atoms with Crippen LogP contribution in [-0.2, 0) is 14.3 Å². The van der Waals surface area contributed by atoms with E-state index in [0.717, 1.165) is 11.1 Å². The lowest BCUT2D eigenvalue weighted by Crippen LogP contribution is -2.33. The molecule has 0 radical (unpaired) electrons. The SMILES string of the molecule is COC1C(C=Cc2ccc3ccccc3c2)=CC2(C)CC1OC2=O. The Bertz CT molecular complexity index is 864. The predicted molar refractivity (Wildman–Crippen MR) is 94.5 cm³/mol. The molecule has 1 heterocycles. The molecule has 3 nitrogen and oxygen atoms in total. The van der Waals surface area contributed by atoms with Crippen molar-refractivity contribution in [3.63, 3.8) is 0 Å². The number of hydrogen-bond acceptors (Lipinski definition) is 3. The molecular weight excluding hydrogens is 300 g/mol. The minimum Gasteiger partial charge on any atom is -0.459 e. The molecule has 1 fully saturated rings. The summed E-state index contributed by atoms with van der Waals surface area (Å²) in [4.78, 5) is 12.1. The maximum atomic E-state index is 12.1. The van der Waals surface area contributed by atoms with Crippen LogP contribution in [0.3, 0.4) is 0 Å². The molecule has 4 rings (SSSR count). The second kappa shape index (κ2) is 5.60. The number of ether oxygens (including phenoxy) is 2. The molecule has 0 spiro atoms. The Morgan fingerprint density at radius 1 is 1.17 bits per heavy atom. The molecular formula is C21H20O3. The molecule has 3 atom stereocenters. The highest BCUT2D eigenvalue weighted by molar-refractivity contribution is 5.85. The minimum absolute atomic E-state index is 0.149. The number of carbonyl (C=O) groups is 1. The summed E-state index contributed by atoms with van der Waals surface area (Å²) >= 11 is 0. The molecule has 0 amide bonds. The summed E-state index contributed by atoms with van der Waals surface area (Å²) < 4.78 is 11.1. The van der Waals surface area contributed by atoms with Crippen LogP contribution in [0.5, 0.6) is 0 Å². The molecule has 1 aliphatic carbocycles. The monoisotopic (exact) mass is 320 g/mol. The molecule has 0 saturated carbocycles. The fourth-order valence-corrected chi connectivity index (χ4v) is 3.70. The highest BCUT2D eigenvalue weighted by atomic mass is 16.6. The van der Waals surface area contributed by atoms with Crippen LogP contribution in [0.1, 0.15) is 18.9 Å². The summed E-state index contributed by atoms with van der Waals surface area (Å²) in [5.41, 5.74) is 1.61. The van der Waals surface area contributed by atoms with E-state index >= 15 is 0 Å². The fourth-order valence-electron chi connectivity index (χ4n) is 3.70. The van der Waals surface area contributed by atoms with Gasteiger partial charge >= 0.3 is 5.97 Å². The molecule has 24 heavy (non-hydrogen) atoms. The van der Waals surface area contributed by atoms with Gasteiger partial charge in [-0.05, 0) is 34.9 Å². The zero-order valence-corrected chi connectivity index (χ0v) is 13.9. The largest absolute Gasteiger partial charge is 0.459 e. The van der Waals surface area contributed by atoms with Gasteiger partial charge in [0.15, 0.2) is 0 Å². The highest BCUT2D eigenvalue weighted by Gasteiger charge is 2.51. The number of methoxy groups -OCH3 is 1. The lowest BCUT2D eigenvalue weighted by molar-refractivity contribution is -0.148. The number of esters is 1. The number of rotatable bonds is 3. The van der Waals surface area contributed by atoms with Crippen molar-refractivity contribution in [2.24, 2.45) is 5.41 Å². The lowest BCUT2D eigenvalue weighted by atomic mass is 9.77. The van der Waals surface area contributed by atoms with Crippen molar-refractivity contribution in [2.75, 3.05) is 7.11 Å². The second-order valence-corrected chi connectivity index (χ2v) is 6.81. The molecule has 2 bridgehead atoms. The van der Waals surface area contributed by atoms with Gasteiger partial charge < -0.3 is 9.47 Å². The molecule has 2 aromatic rings. The lowest BCUT2D eigenvalue weighted by Gasteiger charge is -2.28. The molecule has 3 unspecified atom stereocenters. The first-order valence-electron chi connectivity index (χ1n) is 8.23. The second-order valence-electron chi connectivity index (χ2n) is 6.81. The molecule has 3 heteroatoms. The van der Waals surface area contributed by atoms with Crippen LogP contribution >= 0.6 is 0 Å². The van der Waals surface area contributed by atoms with E-state index in [1.165, 1.54) is 10.8 Å². The summed E-state index contributed by atoms with van der Waals surface area (Å²) in [5.74, 6) is -0.149. The molecule has 122 valence electrons. The summed E-state index contributed by atoms with van der Waals surface area (Å²) in [5, 5.41) is 2.44. The number of benzene rings is 2. The van der Waals surface area contributed by atoms with Crippen molar-refractivity contribution in [1.29, 1.82) is 0 Å². The highest BCUT2D eigenvalue weighted by Crippen LogP contribution is 2.44. The number of carbonyl (C=O) groups excluding carboxylic acids is 1. The van der Waals surface area contributed by atoms with Crippen molar-refractivity contribution >= 4 is 22.8 Å². The maximum Gasteiger partial charge on any atom is 0.316 e. The van der Waals surface area contributed by atoms with Crippen LogP contribution in [0.2, 0.25) is 0 Å². The van der Waals surface area contributed by atoms with Crippen molar-refractivity contribution in [1.82, 2.24) is 0 Å². The third kappa shape index (κ3) is 2.45. The summed E-state index contributed by atoms with van der Waals surface area (Å²) in [7, 11) is 1.66. The third-order valence-electron chi connectivity index (χ3n) is 5.00. The molecule has 0 aromatic heterocycles. The first kappa shape index (κ1) is 15.2. The van der Waals surface area contributed by atoms with Crippen LogP contribution in [0.25, 0.3) is 16.8 Å². The third-order valence-corrected chi connectivity index (χ3v) is 5.00. The Morgan fingerprint density at radius 2 is 1.96 bits per heavy atom. The maximum absolute atomic E-state index is 12.1. The topological polar surface area (TPSA) is 35.5 Å². The van der Waals surface area contributed by atoms with Crippen molar-refractivity contribution in [3.05, 3.63) is 65.8 Å². The van der Waals surface area contributed by atoms with Gasteiger partial charge in [-0.25, -0.2) is 0 Å². The van der Waals surface area contributed by atoms with E-state index in [1.807, 2.05) is 31.2 Å². The summed E-state index contributed by atoms with van der Waals surface area (Å²) in [6.45, 7) is 1.94. The van der Waals surface area contributed by atoms with Crippen LogP contribution in [0, 0.1) is 5.41 Å². The van der Waals surface area contributed by atoms with Gasteiger partial charge in [0.25, 0.3) is 0 Å². The number of fused-ring (bicyclic) bond motifs is 3. The fraction of sp³-hybridized carbons (Fsp3) is 0.286. The van der Waals surface area contributed by atoms with Gasteiger partial charge in [0.1, 0.15) is 12.2 Å². The standard InChI is InChI=1S/C21H20O3/c1-21-12-17(19(23-2)18(13-21)24-20(21)22)10-8-14-7-9-15-5-3-4-6-16(15)11-14/h3-12,18-19H,13H2,1-2H3. The van der Waals surface area contributed by atoms with Gasteiger partial charge in [-0.3, -0.25) is 4.79 Å². The van der Waals surface area contributed by atoms with E-state index in [-0.39, 0.29) is 18.2 Å². The molecule has 2 aromatic carbocycles. The molecule has 1 saturated heterocycles. The van der Waals surface area contributed by atoms with Gasteiger partial charge in [-0.2, -0.15) is 0 Å². The van der Waals surface area contributed by atoms with Crippen molar-refractivity contribution in [2.45, 2.75) is 25.6 Å². The normalized spacial score (nSPS) is 29.1. The molecule has 0 N–H and O–H groups in total. The van der Waals surface area contributed by atoms with E-state index in [2.05, 4.69) is 36.4 Å². The Hall–Kier alpha value is -2.39. The average Bonchev–Trinajstić information content (AvgIpc) is 2.82. The Labute approximate surface area is 141 Å². The van der Waals surface area contributed by atoms with Crippen LogP contribution < -0.4 is 0 Å². The first-order valence-corrected chi connectivity index (χ1v) is 8.23. The Balaban J connectivity index is 1.67. The zero-order chi connectivity index (χ0) is 16.7. The predicted octanol–water partition coefficient (Wildman–Crippen LogP) is 4.13. The van der Waals surface area contributed by atoms with Crippen LogP contribution in [0.4, 0.5) is 0 Å². The van der Waals surface area contributed by atoms with Gasteiger partial charge in [-0.1, -0.05) is 54.6 Å². The van der Waals surface area contributed by atoms with Gasteiger partial charge in [0.05, 0.1) is 5.41 Å². The Morgan fingerprint density at radius 3 is 2.75 bits per heavy atom. The van der Waals surface area contributed by atoms with E-state index in [9.17, 15) is 4.79 Å². The van der Waals surface area contributed by atoms with Crippen LogP contribution in [0.15, 0.2) is 60.2 Å². The first-order chi connectivity index (χ1) is 11.6. The number of hydrogen-bond donors (Lipinski definition) is 0. The van der Waals surface area contributed by atoms with Gasteiger partial charge in [0.2, 0.25) is 0 Å². The van der Waals surface area contributed by atoms with Crippen LogP contribution in [-0.4, -0.2) is 25.3 Å². The molecule has 1 aliphatic heterocycles. The van der Waals surface area contributed by atoms with Gasteiger partial charge in [-0.15, -0.1) is 0 Å². The van der Waals surface area contributed by atoms with E-state index in [0.29, 0.717) is 6.42 Å². The minimum atomic E-state index is -0.525. The Kier molecular flexibility index (Phi) is 3.54. The molecule has 2 aliphatic rings. The van der Waals surface area contributed by atoms with Crippen molar-refractivity contribution in [3.8, 4) is 0 Å². The van der Waals surface area contributed by atoms with E-state index < -0.39 is 5.41 Å².